The topological polar surface area (TPSA) is 32.3 Å². The largest absolute Gasteiger partial charge is 0.508 e. The van der Waals surface area contributed by atoms with E-state index in [1.54, 1.807) is 6.07 Å². The van der Waals surface area contributed by atoms with Gasteiger partial charge < -0.3 is 10.4 Å². The summed E-state index contributed by atoms with van der Waals surface area (Å²) in [5.41, 5.74) is 1.08. The predicted molar refractivity (Wildman–Crippen MR) is 66.8 cm³/mol. The van der Waals surface area contributed by atoms with Crippen molar-refractivity contribution in [3.05, 3.63) is 29.8 Å². The van der Waals surface area contributed by atoms with Crippen LogP contribution in [0.5, 0.6) is 5.75 Å². The van der Waals surface area contributed by atoms with E-state index < -0.39 is 0 Å². The van der Waals surface area contributed by atoms with Crippen molar-refractivity contribution >= 4 is 0 Å². The van der Waals surface area contributed by atoms with Gasteiger partial charge in [0.2, 0.25) is 0 Å². The number of benzene rings is 1. The summed E-state index contributed by atoms with van der Waals surface area (Å²) in [6.45, 7) is 3.35. The fraction of sp³-hybridized carbons (Fsp3) is 0.571. The minimum Gasteiger partial charge on any atom is -0.508 e. The van der Waals surface area contributed by atoms with Gasteiger partial charge >= 0.3 is 0 Å². The van der Waals surface area contributed by atoms with E-state index in [1.807, 2.05) is 18.2 Å². The van der Waals surface area contributed by atoms with E-state index in [0.29, 0.717) is 17.7 Å². The second-order valence-corrected chi connectivity index (χ2v) is 4.84. The van der Waals surface area contributed by atoms with Crippen LogP contribution in [0.1, 0.15) is 44.1 Å². The van der Waals surface area contributed by atoms with Crippen LogP contribution in [-0.4, -0.2) is 17.7 Å². The first kappa shape index (κ1) is 11.5. The van der Waals surface area contributed by atoms with E-state index >= 15 is 0 Å². The summed E-state index contributed by atoms with van der Waals surface area (Å²) in [6.07, 6.45) is 5.04. The van der Waals surface area contributed by atoms with Crippen LogP contribution < -0.4 is 5.32 Å². The first-order chi connectivity index (χ1) is 7.77. The monoisotopic (exact) mass is 219 g/mol. The third-order valence-electron chi connectivity index (χ3n) is 3.52. The Morgan fingerprint density at radius 1 is 1.38 bits per heavy atom. The molecule has 1 fully saturated rings. The highest BCUT2D eigenvalue weighted by molar-refractivity contribution is 5.34. The number of hydrogen-bond acceptors (Lipinski definition) is 2. The highest BCUT2D eigenvalue weighted by Crippen LogP contribution is 2.29. The van der Waals surface area contributed by atoms with E-state index in [4.69, 9.17) is 0 Å². The molecule has 16 heavy (non-hydrogen) atoms. The molecule has 2 N–H and O–H groups in total. The first-order valence-corrected chi connectivity index (χ1v) is 6.28. The predicted octanol–water partition coefficient (Wildman–Crippen LogP) is 3.03. The van der Waals surface area contributed by atoms with Crippen LogP contribution in [0.4, 0.5) is 0 Å². The molecule has 1 aromatic rings. The lowest BCUT2D eigenvalue weighted by molar-refractivity contribution is 0.362. The first-order valence-electron chi connectivity index (χ1n) is 6.28. The third-order valence-corrected chi connectivity index (χ3v) is 3.52. The molecule has 1 aromatic carbocycles. The summed E-state index contributed by atoms with van der Waals surface area (Å²) >= 11 is 0. The molecule has 2 heteroatoms. The van der Waals surface area contributed by atoms with Gasteiger partial charge in [0.15, 0.2) is 0 Å². The molecule has 2 nitrogen and oxygen atoms in total. The minimum absolute atomic E-state index is 0.428. The van der Waals surface area contributed by atoms with Crippen molar-refractivity contribution in [2.75, 3.05) is 6.54 Å². The van der Waals surface area contributed by atoms with Crippen LogP contribution in [0.25, 0.3) is 0 Å². The Balaban J connectivity index is 1.96. The van der Waals surface area contributed by atoms with Crippen molar-refractivity contribution in [1.29, 1.82) is 0 Å². The van der Waals surface area contributed by atoms with Gasteiger partial charge in [-0.15, -0.1) is 0 Å². The highest BCUT2D eigenvalue weighted by atomic mass is 16.3. The van der Waals surface area contributed by atoms with Gasteiger partial charge in [0.25, 0.3) is 0 Å². The number of rotatable bonds is 3. The molecule has 0 aliphatic carbocycles. The second-order valence-electron chi connectivity index (χ2n) is 4.84. The van der Waals surface area contributed by atoms with Crippen LogP contribution in [0.15, 0.2) is 24.3 Å². The quantitative estimate of drug-likeness (QED) is 0.819. The fourth-order valence-corrected chi connectivity index (χ4v) is 2.58. The lowest BCUT2D eigenvalue weighted by Gasteiger charge is -2.26. The molecule has 0 bridgehead atoms. The van der Waals surface area contributed by atoms with Crippen LogP contribution in [-0.2, 0) is 0 Å². The molecule has 0 saturated carbocycles. The Morgan fingerprint density at radius 3 is 2.88 bits per heavy atom. The van der Waals surface area contributed by atoms with Gasteiger partial charge in [0, 0.05) is 6.04 Å². The molecule has 88 valence electrons. The van der Waals surface area contributed by atoms with Crippen molar-refractivity contribution < 1.29 is 5.11 Å². The van der Waals surface area contributed by atoms with Gasteiger partial charge in [0.1, 0.15) is 5.75 Å². The number of piperidine rings is 1. The summed E-state index contributed by atoms with van der Waals surface area (Å²) < 4.78 is 0. The van der Waals surface area contributed by atoms with E-state index in [0.717, 1.165) is 18.5 Å². The molecule has 2 rings (SSSR count). The summed E-state index contributed by atoms with van der Waals surface area (Å²) in [6, 6.07) is 8.32. The molecule has 1 aliphatic heterocycles. The van der Waals surface area contributed by atoms with Crippen LogP contribution in [0.2, 0.25) is 0 Å². The van der Waals surface area contributed by atoms with E-state index in [2.05, 4.69) is 12.2 Å². The van der Waals surface area contributed by atoms with E-state index in [9.17, 15) is 5.11 Å². The lowest BCUT2D eigenvalue weighted by atomic mass is 9.90. The maximum absolute atomic E-state index is 9.79. The molecule has 1 saturated heterocycles. The van der Waals surface area contributed by atoms with Gasteiger partial charge in [0.05, 0.1) is 0 Å². The molecule has 1 heterocycles. The summed E-state index contributed by atoms with van der Waals surface area (Å²) in [7, 11) is 0. The normalized spacial score (nSPS) is 22.9. The van der Waals surface area contributed by atoms with Crippen LogP contribution in [0.3, 0.4) is 0 Å². The average molecular weight is 219 g/mol. The Bertz CT molecular complexity index is 331. The zero-order chi connectivity index (χ0) is 11.4. The van der Waals surface area contributed by atoms with Crippen molar-refractivity contribution in [2.45, 2.75) is 44.6 Å². The van der Waals surface area contributed by atoms with Gasteiger partial charge in [-0.3, -0.25) is 0 Å². The number of phenolic OH excluding ortho intramolecular Hbond substituents is 1. The van der Waals surface area contributed by atoms with Crippen LogP contribution in [0, 0.1) is 0 Å². The maximum Gasteiger partial charge on any atom is 0.119 e. The molecule has 1 aliphatic rings. The summed E-state index contributed by atoms with van der Waals surface area (Å²) in [5, 5.41) is 13.3. The third kappa shape index (κ3) is 2.76. The fourth-order valence-electron chi connectivity index (χ4n) is 2.58. The molecular formula is C14H21NO. The molecule has 0 spiro atoms. The van der Waals surface area contributed by atoms with E-state index in [1.165, 1.54) is 19.3 Å². The maximum atomic E-state index is 9.79. The molecule has 0 amide bonds. The number of hydrogen-bond donors (Lipinski definition) is 2. The van der Waals surface area contributed by atoms with Gasteiger partial charge in [-0.1, -0.05) is 31.5 Å². The van der Waals surface area contributed by atoms with Gasteiger partial charge in [-0.25, -0.2) is 0 Å². The molecule has 0 radical (unpaired) electrons. The Morgan fingerprint density at radius 2 is 2.19 bits per heavy atom. The summed E-state index contributed by atoms with van der Waals surface area (Å²) in [5.74, 6) is 0.864. The number of nitrogens with one attached hydrogen (secondary N) is 1. The second kappa shape index (κ2) is 5.35. The van der Waals surface area contributed by atoms with Gasteiger partial charge in [-0.2, -0.15) is 0 Å². The number of aromatic hydroxyl groups is 1. The number of phenols is 1. The van der Waals surface area contributed by atoms with Gasteiger partial charge in [-0.05, 0) is 43.4 Å². The van der Waals surface area contributed by atoms with Crippen molar-refractivity contribution in [3.63, 3.8) is 0 Å². The minimum atomic E-state index is 0.428. The number of para-hydroxylation sites is 1. The standard InChI is InChI=1S/C14H21NO/c1-11(10-12-6-4-5-9-15-12)13-7-2-3-8-14(13)16/h2-3,7-8,11-12,15-16H,4-6,9-10H2,1H3. The van der Waals surface area contributed by atoms with Crippen molar-refractivity contribution in [1.82, 2.24) is 5.32 Å². The Hall–Kier alpha value is -1.02. The molecular weight excluding hydrogens is 198 g/mol. The Kier molecular flexibility index (Phi) is 3.83. The van der Waals surface area contributed by atoms with Crippen LogP contribution >= 0.6 is 0 Å². The molecule has 2 atom stereocenters. The smallest absolute Gasteiger partial charge is 0.119 e. The zero-order valence-corrected chi connectivity index (χ0v) is 9.95. The Labute approximate surface area is 97.7 Å². The SMILES string of the molecule is CC(CC1CCCCN1)c1ccccc1O. The van der Waals surface area contributed by atoms with E-state index in [-0.39, 0.29) is 0 Å². The van der Waals surface area contributed by atoms with Crippen molar-refractivity contribution in [2.24, 2.45) is 0 Å². The zero-order valence-electron chi connectivity index (χ0n) is 9.95. The molecule has 2 unspecified atom stereocenters. The van der Waals surface area contributed by atoms with Crippen molar-refractivity contribution in [3.8, 4) is 5.75 Å². The lowest BCUT2D eigenvalue weighted by Crippen LogP contribution is -2.34. The summed E-state index contributed by atoms with van der Waals surface area (Å²) in [4.78, 5) is 0. The highest BCUT2D eigenvalue weighted by Gasteiger charge is 2.18. The molecule has 0 aromatic heterocycles. The average Bonchev–Trinajstić information content (AvgIpc) is 2.31.